The van der Waals surface area contributed by atoms with Gasteiger partial charge in [-0.1, -0.05) is 11.6 Å². The smallest absolute Gasteiger partial charge is 0.263 e. The Hall–Kier alpha value is -2.10. The van der Waals surface area contributed by atoms with Crippen LogP contribution in [0.5, 0.6) is 0 Å². The quantitative estimate of drug-likeness (QED) is 0.711. The lowest BCUT2D eigenvalue weighted by molar-refractivity contribution is 0.600. The number of nitrogens with one attached hydrogen (secondary N) is 1. The standard InChI is InChI=1S/C15H12ClFN4O2S2/c1-21-9-18-19-15(21)24-12-5-3-11(4-6-12)20-25(22,23)14-7-2-10(17)8-13(14)16/h2-9,20H,1H3. The predicted octanol–water partition coefficient (Wildman–Crippen LogP) is 3.56. The van der Waals surface area contributed by atoms with E-state index in [0.717, 1.165) is 23.1 Å². The number of benzene rings is 2. The van der Waals surface area contributed by atoms with Crippen LogP contribution in [0.25, 0.3) is 0 Å². The summed E-state index contributed by atoms with van der Waals surface area (Å²) >= 11 is 7.22. The van der Waals surface area contributed by atoms with Crippen LogP contribution in [0.15, 0.2) is 63.7 Å². The first-order valence-corrected chi connectivity index (χ1v) is 9.63. The predicted molar refractivity (Wildman–Crippen MR) is 93.8 cm³/mol. The van der Waals surface area contributed by atoms with Crippen molar-refractivity contribution in [3.05, 3.63) is 59.6 Å². The molecule has 0 spiro atoms. The van der Waals surface area contributed by atoms with Crippen molar-refractivity contribution >= 4 is 39.1 Å². The maximum atomic E-state index is 13.1. The van der Waals surface area contributed by atoms with Crippen molar-refractivity contribution in [2.45, 2.75) is 14.9 Å². The van der Waals surface area contributed by atoms with Crippen LogP contribution < -0.4 is 4.72 Å². The molecular weight excluding hydrogens is 387 g/mol. The van der Waals surface area contributed by atoms with Crippen molar-refractivity contribution in [1.82, 2.24) is 14.8 Å². The molecule has 0 unspecified atom stereocenters. The molecule has 1 heterocycles. The molecule has 0 radical (unpaired) electrons. The van der Waals surface area contributed by atoms with Crippen molar-refractivity contribution in [3.63, 3.8) is 0 Å². The van der Waals surface area contributed by atoms with E-state index in [2.05, 4.69) is 14.9 Å². The number of nitrogens with zero attached hydrogens (tertiary/aromatic N) is 3. The maximum Gasteiger partial charge on any atom is 0.263 e. The van der Waals surface area contributed by atoms with Gasteiger partial charge >= 0.3 is 0 Å². The van der Waals surface area contributed by atoms with Gasteiger partial charge in [-0.05, 0) is 54.2 Å². The Bertz CT molecular complexity index is 1010. The molecule has 6 nitrogen and oxygen atoms in total. The van der Waals surface area contributed by atoms with Gasteiger partial charge in [0.1, 0.15) is 17.0 Å². The Kier molecular flexibility index (Phi) is 4.98. The number of anilines is 1. The fourth-order valence-electron chi connectivity index (χ4n) is 1.96. The highest BCUT2D eigenvalue weighted by Crippen LogP contribution is 2.28. The number of aryl methyl sites for hydroxylation is 1. The number of hydrogen-bond acceptors (Lipinski definition) is 5. The fourth-order valence-corrected chi connectivity index (χ4v) is 4.32. The number of hydrogen-bond donors (Lipinski definition) is 1. The van der Waals surface area contributed by atoms with Gasteiger partial charge in [-0.2, -0.15) is 0 Å². The summed E-state index contributed by atoms with van der Waals surface area (Å²) in [4.78, 5) is 0.687. The minimum Gasteiger partial charge on any atom is -0.311 e. The third kappa shape index (κ3) is 4.12. The van der Waals surface area contributed by atoms with Crippen molar-refractivity contribution in [2.75, 3.05) is 4.72 Å². The van der Waals surface area contributed by atoms with Gasteiger partial charge in [0.2, 0.25) is 0 Å². The second kappa shape index (κ2) is 7.03. The topological polar surface area (TPSA) is 76.9 Å². The van der Waals surface area contributed by atoms with Gasteiger partial charge in [0.05, 0.1) is 5.02 Å². The Balaban J connectivity index is 1.77. The Morgan fingerprint density at radius 2 is 1.92 bits per heavy atom. The molecule has 0 saturated carbocycles. The molecule has 130 valence electrons. The van der Waals surface area contributed by atoms with Crippen LogP contribution in [-0.4, -0.2) is 23.2 Å². The normalized spacial score (nSPS) is 11.5. The number of halogens is 2. The molecule has 1 aromatic heterocycles. The van der Waals surface area contributed by atoms with E-state index in [1.54, 1.807) is 35.2 Å². The Labute approximate surface area is 153 Å². The molecule has 0 fully saturated rings. The van der Waals surface area contributed by atoms with Gasteiger partial charge in [-0.3, -0.25) is 4.72 Å². The zero-order valence-corrected chi connectivity index (χ0v) is 15.2. The van der Waals surface area contributed by atoms with Gasteiger partial charge in [0.25, 0.3) is 10.0 Å². The molecule has 10 heteroatoms. The highest BCUT2D eigenvalue weighted by Gasteiger charge is 2.18. The summed E-state index contributed by atoms with van der Waals surface area (Å²) in [6.45, 7) is 0. The summed E-state index contributed by atoms with van der Waals surface area (Å²) in [5, 5.41) is 8.30. The van der Waals surface area contributed by atoms with Gasteiger partial charge in [0, 0.05) is 17.6 Å². The molecule has 3 aromatic rings. The molecule has 2 aromatic carbocycles. The number of aromatic nitrogens is 3. The SMILES string of the molecule is Cn1cnnc1Sc1ccc(NS(=O)(=O)c2ccc(F)cc2Cl)cc1. The summed E-state index contributed by atoms with van der Waals surface area (Å²) < 4.78 is 42.0. The second-order valence-electron chi connectivity index (χ2n) is 5.03. The van der Waals surface area contributed by atoms with Crippen molar-refractivity contribution in [3.8, 4) is 0 Å². The molecule has 0 amide bonds. The van der Waals surface area contributed by atoms with E-state index in [1.807, 2.05) is 7.05 Å². The van der Waals surface area contributed by atoms with Crippen LogP contribution in [0.2, 0.25) is 5.02 Å². The first-order valence-electron chi connectivity index (χ1n) is 6.95. The summed E-state index contributed by atoms with van der Waals surface area (Å²) in [5.41, 5.74) is 0.364. The molecule has 0 aliphatic carbocycles. The van der Waals surface area contributed by atoms with Crippen LogP contribution >= 0.6 is 23.4 Å². The minimum absolute atomic E-state index is 0.179. The van der Waals surface area contributed by atoms with E-state index in [0.29, 0.717) is 10.8 Å². The average Bonchev–Trinajstić information content (AvgIpc) is 2.93. The van der Waals surface area contributed by atoms with E-state index in [-0.39, 0.29) is 9.92 Å². The van der Waals surface area contributed by atoms with Crippen LogP contribution in [0, 0.1) is 5.82 Å². The Morgan fingerprint density at radius 1 is 1.20 bits per heavy atom. The molecule has 0 bridgehead atoms. The average molecular weight is 399 g/mol. The van der Waals surface area contributed by atoms with E-state index in [1.165, 1.54) is 11.8 Å². The lowest BCUT2D eigenvalue weighted by Gasteiger charge is -2.10. The van der Waals surface area contributed by atoms with E-state index < -0.39 is 15.8 Å². The zero-order valence-electron chi connectivity index (χ0n) is 12.8. The highest BCUT2D eigenvalue weighted by atomic mass is 35.5. The summed E-state index contributed by atoms with van der Waals surface area (Å²) in [5.74, 6) is -0.603. The molecule has 0 saturated heterocycles. The molecule has 1 N–H and O–H groups in total. The van der Waals surface area contributed by atoms with E-state index in [4.69, 9.17) is 11.6 Å². The van der Waals surface area contributed by atoms with Crippen molar-refractivity contribution in [1.29, 1.82) is 0 Å². The van der Waals surface area contributed by atoms with Crippen molar-refractivity contribution < 1.29 is 12.8 Å². The first kappa shape index (κ1) is 17.7. The number of rotatable bonds is 5. The van der Waals surface area contributed by atoms with Gasteiger partial charge in [-0.25, -0.2) is 12.8 Å². The largest absolute Gasteiger partial charge is 0.311 e. The van der Waals surface area contributed by atoms with Crippen LogP contribution in [0.4, 0.5) is 10.1 Å². The first-order chi connectivity index (χ1) is 11.8. The molecule has 3 rings (SSSR count). The molecule has 0 aliphatic rings. The third-order valence-electron chi connectivity index (χ3n) is 3.17. The van der Waals surface area contributed by atoms with Crippen molar-refractivity contribution in [2.24, 2.45) is 7.05 Å². The summed E-state index contributed by atoms with van der Waals surface area (Å²) in [6.07, 6.45) is 1.59. The third-order valence-corrected chi connectivity index (χ3v) is 6.09. The lowest BCUT2D eigenvalue weighted by Crippen LogP contribution is -2.13. The maximum absolute atomic E-state index is 13.1. The van der Waals surface area contributed by atoms with E-state index >= 15 is 0 Å². The van der Waals surface area contributed by atoms with Crippen LogP contribution in [0.3, 0.4) is 0 Å². The molecule has 0 atom stereocenters. The fraction of sp³-hybridized carbons (Fsp3) is 0.0667. The number of sulfonamides is 1. The Morgan fingerprint density at radius 3 is 2.52 bits per heavy atom. The van der Waals surface area contributed by atoms with Crippen LogP contribution in [-0.2, 0) is 17.1 Å². The lowest BCUT2D eigenvalue weighted by atomic mass is 10.3. The summed E-state index contributed by atoms with van der Waals surface area (Å²) in [7, 11) is -2.08. The van der Waals surface area contributed by atoms with E-state index in [9.17, 15) is 12.8 Å². The van der Waals surface area contributed by atoms with Crippen LogP contribution in [0.1, 0.15) is 0 Å². The van der Waals surface area contributed by atoms with Gasteiger partial charge < -0.3 is 4.57 Å². The zero-order chi connectivity index (χ0) is 18.0. The molecular formula is C15H12ClFN4O2S2. The molecule has 0 aliphatic heterocycles. The second-order valence-corrected chi connectivity index (χ2v) is 8.13. The molecule has 25 heavy (non-hydrogen) atoms. The highest BCUT2D eigenvalue weighted by molar-refractivity contribution is 7.99. The summed E-state index contributed by atoms with van der Waals surface area (Å²) in [6, 6.07) is 9.87. The van der Waals surface area contributed by atoms with Gasteiger partial charge in [0.15, 0.2) is 5.16 Å². The monoisotopic (exact) mass is 398 g/mol. The van der Waals surface area contributed by atoms with Gasteiger partial charge in [-0.15, -0.1) is 10.2 Å². The minimum atomic E-state index is -3.91.